The van der Waals surface area contributed by atoms with Gasteiger partial charge in [-0.1, -0.05) is 19.9 Å². The molecule has 0 aliphatic rings. The monoisotopic (exact) mass is 281 g/mol. The van der Waals surface area contributed by atoms with Gasteiger partial charge in [-0.3, -0.25) is 9.36 Å². The minimum atomic E-state index is -3.04. The molecule has 0 radical (unpaired) electrons. The Morgan fingerprint density at radius 1 is 1.59 bits per heavy atom. The Hall–Kier alpha value is -0.310. The molecule has 0 bridgehead atoms. The van der Waals surface area contributed by atoms with Gasteiger partial charge in [-0.25, -0.2) is 4.67 Å². The molecule has 2 unspecified atom stereocenters. The van der Waals surface area contributed by atoms with Crippen LogP contribution in [0.15, 0.2) is 12.7 Å². The maximum atomic E-state index is 12.0. The Kier molecular flexibility index (Phi) is 7.07. The first-order valence-corrected chi connectivity index (χ1v) is 8.48. The first kappa shape index (κ1) is 16.7. The van der Waals surface area contributed by atoms with E-state index in [1.165, 1.54) is 18.4 Å². The van der Waals surface area contributed by atoms with E-state index in [-0.39, 0.29) is 5.92 Å². The van der Waals surface area contributed by atoms with E-state index in [0.717, 1.165) is 0 Å². The Morgan fingerprint density at radius 3 is 2.41 bits per heavy atom. The van der Waals surface area contributed by atoms with Crippen LogP contribution in [-0.2, 0) is 14.1 Å². The van der Waals surface area contributed by atoms with Gasteiger partial charge in [0.1, 0.15) is 6.04 Å². The van der Waals surface area contributed by atoms with Gasteiger partial charge in [0.05, 0.1) is 7.11 Å². The lowest BCUT2D eigenvalue weighted by molar-refractivity contribution is -0.145. The van der Waals surface area contributed by atoms with Crippen LogP contribution >= 0.6 is 17.9 Å². The predicted molar refractivity (Wildman–Crippen MR) is 71.5 cm³/mol. The summed E-state index contributed by atoms with van der Waals surface area (Å²) in [7, 11) is 1.32. The summed E-state index contributed by atoms with van der Waals surface area (Å²) in [6, 6.07) is -0.591. The Labute approximate surface area is 108 Å². The number of nitrogens with zero attached hydrogens (tertiary/aromatic N) is 1. The van der Waals surface area contributed by atoms with Gasteiger partial charge in [0.2, 0.25) is 6.65 Å². The SMILES string of the molecule is C=CCN(C(CC(C)C)C(=O)OC)P(C)(=O)Cl. The average molecular weight is 282 g/mol. The van der Waals surface area contributed by atoms with Crippen LogP contribution in [0.25, 0.3) is 0 Å². The summed E-state index contributed by atoms with van der Waals surface area (Å²) in [5.74, 6) is -0.141. The van der Waals surface area contributed by atoms with Crippen molar-refractivity contribution in [1.82, 2.24) is 4.67 Å². The Balaban J connectivity index is 5.13. The van der Waals surface area contributed by atoms with Crippen molar-refractivity contribution in [2.45, 2.75) is 26.3 Å². The quantitative estimate of drug-likeness (QED) is 0.409. The predicted octanol–water partition coefficient (Wildman–Crippen LogP) is 3.12. The highest BCUT2D eigenvalue weighted by Gasteiger charge is 2.35. The second kappa shape index (κ2) is 7.20. The number of esters is 1. The molecule has 17 heavy (non-hydrogen) atoms. The molecule has 0 amide bonds. The van der Waals surface area contributed by atoms with E-state index >= 15 is 0 Å². The minimum absolute atomic E-state index is 0.273. The zero-order chi connectivity index (χ0) is 13.6. The van der Waals surface area contributed by atoms with Crippen LogP contribution in [0.5, 0.6) is 0 Å². The van der Waals surface area contributed by atoms with Gasteiger partial charge >= 0.3 is 5.97 Å². The molecular weight excluding hydrogens is 261 g/mol. The van der Waals surface area contributed by atoms with E-state index in [9.17, 15) is 9.36 Å². The Bertz CT molecular complexity index is 314. The summed E-state index contributed by atoms with van der Waals surface area (Å²) in [4.78, 5) is 11.7. The molecule has 4 nitrogen and oxygen atoms in total. The zero-order valence-electron chi connectivity index (χ0n) is 10.9. The van der Waals surface area contributed by atoms with Crippen LogP contribution in [0.3, 0.4) is 0 Å². The van der Waals surface area contributed by atoms with Gasteiger partial charge < -0.3 is 4.74 Å². The van der Waals surface area contributed by atoms with Gasteiger partial charge in [0.15, 0.2) is 0 Å². The molecular formula is C11H21ClNO3P. The lowest BCUT2D eigenvalue weighted by atomic mass is 10.0. The zero-order valence-corrected chi connectivity index (χ0v) is 12.5. The number of carbonyl (C=O) groups excluding carboxylic acids is 1. The third-order valence-corrected chi connectivity index (χ3v) is 4.25. The molecule has 0 fully saturated rings. The standard InChI is InChI=1S/C11H21ClNO3P/c1-6-7-13(17(5,12)15)10(8-9(2)3)11(14)16-4/h6,9-10H,1,7-8H2,2-5H3. The summed E-state index contributed by atoms with van der Waals surface area (Å²) in [6.45, 7) is 6.24. The minimum Gasteiger partial charge on any atom is -0.468 e. The fourth-order valence-corrected chi connectivity index (χ4v) is 3.17. The van der Waals surface area contributed by atoms with Gasteiger partial charge in [-0.05, 0) is 23.6 Å². The molecule has 2 atom stereocenters. The first-order valence-electron chi connectivity index (χ1n) is 5.47. The molecule has 0 spiro atoms. The smallest absolute Gasteiger partial charge is 0.323 e. The lowest BCUT2D eigenvalue weighted by Crippen LogP contribution is -2.39. The molecule has 0 aliphatic carbocycles. The molecule has 0 saturated carbocycles. The average Bonchev–Trinajstić information content (AvgIpc) is 2.20. The van der Waals surface area contributed by atoms with Crippen molar-refractivity contribution in [2.75, 3.05) is 20.3 Å². The number of carbonyl (C=O) groups is 1. The van der Waals surface area contributed by atoms with Crippen LogP contribution < -0.4 is 0 Å². The van der Waals surface area contributed by atoms with Crippen LogP contribution in [0.4, 0.5) is 0 Å². The second-order valence-electron chi connectivity index (χ2n) is 4.36. The van der Waals surface area contributed by atoms with E-state index in [0.29, 0.717) is 13.0 Å². The highest BCUT2D eigenvalue weighted by molar-refractivity contribution is 7.86. The summed E-state index contributed by atoms with van der Waals surface area (Å²) < 4.78 is 18.2. The number of rotatable bonds is 7. The van der Waals surface area contributed by atoms with Crippen LogP contribution in [0.1, 0.15) is 20.3 Å². The molecule has 0 aromatic rings. The van der Waals surface area contributed by atoms with E-state index in [2.05, 4.69) is 6.58 Å². The number of hydrogen-bond acceptors (Lipinski definition) is 3. The van der Waals surface area contributed by atoms with E-state index in [1.54, 1.807) is 6.08 Å². The fourth-order valence-electron chi connectivity index (χ4n) is 1.58. The molecule has 100 valence electrons. The molecule has 0 aliphatic heterocycles. The Morgan fingerprint density at radius 2 is 2.12 bits per heavy atom. The number of methoxy groups -OCH3 is 1. The number of halogens is 1. The molecule has 0 heterocycles. The van der Waals surface area contributed by atoms with Crippen molar-refractivity contribution in [2.24, 2.45) is 5.92 Å². The summed E-state index contributed by atoms with van der Waals surface area (Å²) in [6.07, 6.45) is 2.12. The third kappa shape index (κ3) is 5.71. The van der Waals surface area contributed by atoms with Gasteiger partial charge in [0, 0.05) is 13.2 Å². The topological polar surface area (TPSA) is 46.6 Å². The number of ether oxygens (including phenoxy) is 1. The lowest BCUT2D eigenvalue weighted by Gasteiger charge is -2.31. The first-order chi connectivity index (χ1) is 7.73. The van der Waals surface area contributed by atoms with Gasteiger partial charge in [-0.2, -0.15) is 0 Å². The van der Waals surface area contributed by atoms with Gasteiger partial charge in [0.25, 0.3) is 0 Å². The molecule has 6 heteroatoms. The summed E-state index contributed by atoms with van der Waals surface area (Å²) in [5, 5.41) is 0. The largest absolute Gasteiger partial charge is 0.468 e. The molecule has 0 aromatic carbocycles. The summed E-state index contributed by atoms with van der Waals surface area (Å²) in [5.41, 5.74) is 0. The van der Waals surface area contributed by atoms with Crippen LogP contribution in [-0.4, -0.2) is 37.0 Å². The molecule has 0 aromatic heterocycles. The normalized spacial score (nSPS) is 16.6. The fraction of sp³-hybridized carbons (Fsp3) is 0.727. The maximum Gasteiger partial charge on any atom is 0.323 e. The van der Waals surface area contributed by atoms with E-state index in [4.69, 9.17) is 16.0 Å². The van der Waals surface area contributed by atoms with E-state index < -0.39 is 18.7 Å². The molecule has 0 N–H and O–H groups in total. The van der Waals surface area contributed by atoms with Crippen molar-refractivity contribution in [3.63, 3.8) is 0 Å². The summed E-state index contributed by atoms with van der Waals surface area (Å²) >= 11 is 5.88. The van der Waals surface area contributed by atoms with Gasteiger partial charge in [-0.15, -0.1) is 6.58 Å². The third-order valence-electron chi connectivity index (χ3n) is 2.30. The highest BCUT2D eigenvalue weighted by Crippen LogP contribution is 2.52. The van der Waals surface area contributed by atoms with Crippen molar-refractivity contribution in [3.8, 4) is 0 Å². The number of hydrogen-bond donors (Lipinski definition) is 0. The highest BCUT2D eigenvalue weighted by atomic mass is 35.7. The van der Waals surface area contributed by atoms with Crippen molar-refractivity contribution in [3.05, 3.63) is 12.7 Å². The maximum absolute atomic E-state index is 12.0. The van der Waals surface area contributed by atoms with Crippen molar-refractivity contribution in [1.29, 1.82) is 0 Å². The van der Waals surface area contributed by atoms with Crippen molar-refractivity contribution >= 4 is 23.9 Å². The second-order valence-corrected chi connectivity index (χ2v) is 8.31. The van der Waals surface area contributed by atoms with E-state index in [1.807, 2.05) is 13.8 Å². The molecule has 0 saturated heterocycles. The molecule has 0 rings (SSSR count). The van der Waals surface area contributed by atoms with Crippen LogP contribution in [0, 0.1) is 5.92 Å². The van der Waals surface area contributed by atoms with Crippen molar-refractivity contribution < 1.29 is 14.1 Å². The van der Waals surface area contributed by atoms with Crippen LogP contribution in [0.2, 0.25) is 0 Å².